The second-order valence-electron chi connectivity index (χ2n) is 1.28. The zero-order valence-corrected chi connectivity index (χ0v) is 4.14. The van der Waals surface area contributed by atoms with Crippen LogP contribution in [0.15, 0.2) is 10.6 Å². The summed E-state index contributed by atoms with van der Waals surface area (Å²) in [6.45, 7) is 2.01. The van der Waals surface area contributed by atoms with Crippen LogP contribution in [0.5, 0.6) is 0 Å². The molecule has 0 aliphatic heterocycles. The van der Waals surface area contributed by atoms with Crippen LogP contribution in [0.4, 0.5) is 0 Å². The third kappa shape index (κ3) is 0.796. The maximum absolute atomic E-state index is 4.68. The summed E-state index contributed by atoms with van der Waals surface area (Å²) in [6, 6.07) is 1.74. The first-order chi connectivity index (χ1) is 3.43. The van der Waals surface area contributed by atoms with Crippen molar-refractivity contribution in [3.63, 3.8) is 0 Å². The van der Waals surface area contributed by atoms with E-state index in [1.54, 1.807) is 6.07 Å². The van der Waals surface area contributed by atoms with Gasteiger partial charge >= 0.3 is 0 Å². The van der Waals surface area contributed by atoms with Gasteiger partial charge in [-0.3, -0.25) is 0 Å². The largest absolute Gasteiger partial charge is 0.361 e. The first-order valence-corrected chi connectivity index (χ1v) is 2.25. The Bertz CT molecular complexity index is 123. The maximum Gasteiger partial charge on any atom is 0.137 e. The van der Waals surface area contributed by atoms with Gasteiger partial charge in [0.1, 0.15) is 12.0 Å². The first kappa shape index (κ1) is 4.37. The first-order valence-electron chi connectivity index (χ1n) is 2.25. The summed E-state index contributed by atoms with van der Waals surface area (Å²) in [5.41, 5.74) is 0. The average Bonchev–Trinajstić information content (AvgIpc) is 2.14. The molecule has 7 heavy (non-hydrogen) atoms. The van der Waals surface area contributed by atoms with Gasteiger partial charge in [-0.05, 0) is 0 Å². The highest BCUT2D eigenvalue weighted by Gasteiger charge is 1.87. The van der Waals surface area contributed by atoms with E-state index in [0.29, 0.717) is 0 Å². The summed E-state index contributed by atoms with van der Waals surface area (Å²) >= 11 is 0. The molecule has 0 atom stereocenters. The van der Waals surface area contributed by atoms with Crippen molar-refractivity contribution >= 4 is 0 Å². The van der Waals surface area contributed by atoms with Crippen molar-refractivity contribution in [3.05, 3.63) is 18.0 Å². The molecule has 0 bridgehead atoms. The number of nitrogens with zero attached hydrogens (tertiary/aromatic N) is 1. The third-order valence-corrected chi connectivity index (χ3v) is 0.790. The molecule has 0 spiro atoms. The van der Waals surface area contributed by atoms with Gasteiger partial charge in [0.15, 0.2) is 0 Å². The van der Waals surface area contributed by atoms with Gasteiger partial charge in [0, 0.05) is 12.5 Å². The van der Waals surface area contributed by atoms with E-state index < -0.39 is 0 Å². The van der Waals surface area contributed by atoms with Crippen LogP contribution in [0.3, 0.4) is 0 Å². The highest BCUT2D eigenvalue weighted by atomic mass is 16.5. The van der Waals surface area contributed by atoms with Gasteiger partial charge in [0.25, 0.3) is 0 Å². The lowest BCUT2D eigenvalue weighted by Crippen LogP contribution is -1.67. The standard InChI is InChI=1S/C5H6NO/c1-2-5-3-4-6-7-5/h3H,2H2,1H3. The Morgan fingerprint density at radius 3 is 3.14 bits per heavy atom. The molecule has 2 nitrogen and oxygen atoms in total. The zero-order chi connectivity index (χ0) is 5.11. The predicted octanol–water partition coefficient (Wildman–Crippen LogP) is 1.04. The molecule has 1 aromatic heterocycles. The molecule has 0 N–H and O–H groups in total. The summed E-state index contributed by atoms with van der Waals surface area (Å²) < 4.78 is 4.68. The van der Waals surface area contributed by atoms with Gasteiger partial charge in [-0.25, -0.2) is 0 Å². The Labute approximate surface area is 42.1 Å². The molecule has 0 saturated heterocycles. The summed E-state index contributed by atoms with van der Waals surface area (Å²) in [5, 5.41) is 3.39. The topological polar surface area (TPSA) is 26.0 Å². The Morgan fingerprint density at radius 2 is 2.86 bits per heavy atom. The molecule has 0 aromatic carbocycles. The molecular formula is C5H6NO. The molecule has 1 rings (SSSR count). The monoisotopic (exact) mass is 96.0 g/mol. The molecule has 0 fully saturated rings. The van der Waals surface area contributed by atoms with Gasteiger partial charge in [-0.2, -0.15) is 0 Å². The van der Waals surface area contributed by atoms with E-state index in [1.807, 2.05) is 6.92 Å². The predicted molar refractivity (Wildman–Crippen MR) is 24.7 cm³/mol. The second-order valence-corrected chi connectivity index (χ2v) is 1.28. The van der Waals surface area contributed by atoms with Crippen molar-refractivity contribution in [3.8, 4) is 0 Å². The lowest BCUT2D eigenvalue weighted by molar-refractivity contribution is 0.385. The fourth-order valence-electron chi connectivity index (χ4n) is 0.376. The minimum atomic E-state index is 0.889. The number of aryl methyl sites for hydroxylation is 1. The van der Waals surface area contributed by atoms with Crippen molar-refractivity contribution in [2.75, 3.05) is 0 Å². The zero-order valence-electron chi connectivity index (χ0n) is 4.14. The number of hydrogen-bond donors (Lipinski definition) is 0. The number of hydrogen-bond acceptors (Lipinski definition) is 2. The van der Waals surface area contributed by atoms with Crippen LogP contribution in [0.2, 0.25) is 0 Å². The summed E-state index contributed by atoms with van der Waals surface area (Å²) in [5.74, 6) is 0.889. The lowest BCUT2D eigenvalue weighted by atomic mass is 10.4. The Morgan fingerprint density at radius 1 is 2.00 bits per heavy atom. The quantitative estimate of drug-likeness (QED) is 0.522. The van der Waals surface area contributed by atoms with Crippen molar-refractivity contribution in [1.29, 1.82) is 0 Å². The minimum Gasteiger partial charge on any atom is -0.361 e. The molecule has 2 heteroatoms. The van der Waals surface area contributed by atoms with Crippen molar-refractivity contribution in [2.24, 2.45) is 0 Å². The van der Waals surface area contributed by atoms with E-state index in [-0.39, 0.29) is 0 Å². The normalized spacial score (nSPS) is 9.29. The Kier molecular flexibility index (Phi) is 1.11. The Hall–Kier alpha value is -0.790. The van der Waals surface area contributed by atoms with E-state index in [4.69, 9.17) is 0 Å². The lowest BCUT2D eigenvalue weighted by Gasteiger charge is -1.76. The molecule has 0 aliphatic rings. The van der Waals surface area contributed by atoms with E-state index >= 15 is 0 Å². The van der Waals surface area contributed by atoms with Crippen LogP contribution >= 0.6 is 0 Å². The third-order valence-electron chi connectivity index (χ3n) is 0.790. The van der Waals surface area contributed by atoms with Gasteiger partial charge in [-0.1, -0.05) is 12.1 Å². The van der Waals surface area contributed by atoms with Crippen LogP contribution in [0, 0.1) is 6.20 Å². The van der Waals surface area contributed by atoms with Gasteiger partial charge in [0.05, 0.1) is 0 Å². The molecule has 0 unspecified atom stereocenters. The van der Waals surface area contributed by atoms with E-state index in [0.717, 1.165) is 12.2 Å². The van der Waals surface area contributed by atoms with Crippen molar-refractivity contribution in [2.45, 2.75) is 13.3 Å². The fourth-order valence-corrected chi connectivity index (χ4v) is 0.376. The Balaban J connectivity index is 2.76. The summed E-state index contributed by atoms with van der Waals surface area (Å²) in [7, 11) is 0. The molecule has 0 saturated carbocycles. The fraction of sp³-hybridized carbons (Fsp3) is 0.400. The molecular weight excluding hydrogens is 90.1 g/mol. The van der Waals surface area contributed by atoms with Crippen LogP contribution in [0.25, 0.3) is 0 Å². The molecule has 0 amide bonds. The molecule has 1 aromatic rings. The highest BCUT2D eigenvalue weighted by Crippen LogP contribution is 1.93. The molecule has 37 valence electrons. The average molecular weight is 96.1 g/mol. The van der Waals surface area contributed by atoms with E-state index in [1.165, 1.54) is 0 Å². The maximum atomic E-state index is 4.68. The van der Waals surface area contributed by atoms with Crippen LogP contribution in [0.1, 0.15) is 12.7 Å². The van der Waals surface area contributed by atoms with Gasteiger partial charge in [0.2, 0.25) is 0 Å². The number of aromatic nitrogens is 1. The molecule has 0 aliphatic carbocycles. The SMILES string of the molecule is CCc1c[c]no1. The van der Waals surface area contributed by atoms with Gasteiger partial charge in [-0.15, -0.1) is 0 Å². The van der Waals surface area contributed by atoms with Crippen LogP contribution in [-0.4, -0.2) is 5.16 Å². The van der Waals surface area contributed by atoms with E-state index in [2.05, 4.69) is 15.9 Å². The van der Waals surface area contributed by atoms with Crippen molar-refractivity contribution in [1.82, 2.24) is 5.16 Å². The smallest absolute Gasteiger partial charge is 0.137 e. The molecule has 1 radical (unpaired) electrons. The summed E-state index contributed by atoms with van der Waals surface area (Å²) in [6.07, 6.45) is 3.46. The van der Waals surface area contributed by atoms with Crippen LogP contribution < -0.4 is 0 Å². The second kappa shape index (κ2) is 1.78. The minimum absolute atomic E-state index is 0.889. The van der Waals surface area contributed by atoms with E-state index in [9.17, 15) is 0 Å². The van der Waals surface area contributed by atoms with Crippen LogP contribution in [-0.2, 0) is 6.42 Å². The highest BCUT2D eigenvalue weighted by molar-refractivity contribution is 4.89. The van der Waals surface area contributed by atoms with Crippen molar-refractivity contribution < 1.29 is 4.52 Å². The molecule has 1 heterocycles. The summed E-state index contributed by atoms with van der Waals surface area (Å²) in [4.78, 5) is 0. The van der Waals surface area contributed by atoms with Gasteiger partial charge < -0.3 is 4.52 Å². The number of rotatable bonds is 1.